The first kappa shape index (κ1) is 18.8. The Morgan fingerprint density at radius 3 is 2.62 bits per heavy atom. The van der Waals surface area contributed by atoms with Crippen molar-refractivity contribution < 1.29 is 18.0 Å². The number of hydrogen-bond acceptors (Lipinski definition) is 4. The Balaban J connectivity index is 1.75. The van der Waals surface area contributed by atoms with E-state index in [-0.39, 0.29) is 23.3 Å². The molecule has 0 unspecified atom stereocenters. The van der Waals surface area contributed by atoms with Crippen molar-refractivity contribution in [2.75, 3.05) is 32.0 Å². The van der Waals surface area contributed by atoms with Gasteiger partial charge >= 0.3 is 0 Å². The molecule has 0 saturated carbocycles. The third-order valence-corrected chi connectivity index (χ3v) is 6.78. The zero-order valence-electron chi connectivity index (χ0n) is 15.0. The SMILES string of the molecule is CN(CC(=O)N1CCCCC1)S(=O)(=O)c1ccc2c(c1)CCCC(=O)N2. The number of sulfonamides is 1. The molecule has 2 aliphatic rings. The molecule has 1 aromatic carbocycles. The highest BCUT2D eigenvalue weighted by Gasteiger charge is 2.27. The average molecular weight is 379 g/mol. The van der Waals surface area contributed by atoms with E-state index in [1.807, 2.05) is 0 Å². The molecule has 2 heterocycles. The van der Waals surface area contributed by atoms with Crippen molar-refractivity contribution in [3.63, 3.8) is 0 Å². The lowest BCUT2D eigenvalue weighted by atomic mass is 10.1. The van der Waals surface area contributed by atoms with Gasteiger partial charge in [-0.2, -0.15) is 4.31 Å². The number of rotatable bonds is 4. The first-order chi connectivity index (χ1) is 12.4. The number of carbonyl (C=O) groups excluding carboxylic acids is 2. The van der Waals surface area contributed by atoms with Gasteiger partial charge in [0.05, 0.1) is 11.4 Å². The second kappa shape index (κ2) is 7.75. The minimum absolute atomic E-state index is 0.0522. The second-order valence-corrected chi connectivity index (χ2v) is 8.97. The van der Waals surface area contributed by atoms with Gasteiger partial charge in [-0.15, -0.1) is 0 Å². The fourth-order valence-corrected chi connectivity index (χ4v) is 4.58. The molecule has 1 N–H and O–H groups in total. The van der Waals surface area contributed by atoms with Crippen LogP contribution in [0.25, 0.3) is 0 Å². The summed E-state index contributed by atoms with van der Waals surface area (Å²) in [7, 11) is -2.32. The summed E-state index contributed by atoms with van der Waals surface area (Å²) >= 11 is 0. The molecular weight excluding hydrogens is 354 g/mol. The molecule has 142 valence electrons. The van der Waals surface area contributed by atoms with E-state index < -0.39 is 10.0 Å². The molecule has 2 aliphatic heterocycles. The summed E-state index contributed by atoms with van der Waals surface area (Å²) in [6, 6.07) is 4.73. The Morgan fingerprint density at radius 2 is 1.88 bits per heavy atom. The van der Waals surface area contributed by atoms with Crippen molar-refractivity contribution in [3.05, 3.63) is 23.8 Å². The molecule has 1 aromatic rings. The lowest BCUT2D eigenvalue weighted by molar-refractivity contribution is -0.132. The minimum atomic E-state index is -3.76. The number of likely N-dealkylation sites (N-methyl/N-ethyl adjacent to an activating group) is 1. The molecule has 0 bridgehead atoms. The van der Waals surface area contributed by atoms with Gasteiger partial charge < -0.3 is 10.2 Å². The number of piperidine rings is 1. The highest BCUT2D eigenvalue weighted by atomic mass is 32.2. The lowest BCUT2D eigenvalue weighted by Gasteiger charge is -2.28. The first-order valence-electron chi connectivity index (χ1n) is 9.05. The molecular formula is C18H25N3O4S. The highest BCUT2D eigenvalue weighted by Crippen LogP contribution is 2.26. The number of amides is 2. The van der Waals surface area contributed by atoms with Gasteiger partial charge in [-0.3, -0.25) is 9.59 Å². The zero-order chi connectivity index (χ0) is 18.7. The molecule has 3 rings (SSSR count). The van der Waals surface area contributed by atoms with Crippen molar-refractivity contribution in [1.29, 1.82) is 0 Å². The molecule has 0 spiro atoms. The van der Waals surface area contributed by atoms with Crippen molar-refractivity contribution in [1.82, 2.24) is 9.21 Å². The number of aryl methyl sites for hydroxylation is 1. The Hall–Kier alpha value is -1.93. The third kappa shape index (κ3) is 4.07. The fraction of sp³-hybridized carbons (Fsp3) is 0.556. The summed E-state index contributed by atoms with van der Waals surface area (Å²) in [5.74, 6) is -0.207. The number of likely N-dealkylation sites (tertiary alicyclic amines) is 1. The molecule has 8 heteroatoms. The van der Waals surface area contributed by atoms with Gasteiger partial charge in [0.1, 0.15) is 0 Å². The Kier molecular flexibility index (Phi) is 5.62. The van der Waals surface area contributed by atoms with Crippen LogP contribution < -0.4 is 5.32 Å². The second-order valence-electron chi connectivity index (χ2n) is 6.92. The maximum atomic E-state index is 12.9. The zero-order valence-corrected chi connectivity index (χ0v) is 15.8. The van der Waals surface area contributed by atoms with Gasteiger partial charge in [0, 0.05) is 32.2 Å². The van der Waals surface area contributed by atoms with E-state index in [1.54, 1.807) is 17.0 Å². The summed E-state index contributed by atoms with van der Waals surface area (Å²) in [5.41, 5.74) is 1.48. The van der Waals surface area contributed by atoms with E-state index >= 15 is 0 Å². The third-order valence-electron chi connectivity index (χ3n) is 4.98. The smallest absolute Gasteiger partial charge is 0.243 e. The molecule has 0 radical (unpaired) electrons. The van der Waals surface area contributed by atoms with Crippen LogP contribution in [0.15, 0.2) is 23.1 Å². The topological polar surface area (TPSA) is 86.8 Å². The molecule has 1 fully saturated rings. The number of carbonyl (C=O) groups is 2. The van der Waals surface area contributed by atoms with Crippen molar-refractivity contribution in [2.45, 2.75) is 43.4 Å². The fourth-order valence-electron chi connectivity index (χ4n) is 3.41. The lowest BCUT2D eigenvalue weighted by Crippen LogP contribution is -2.43. The minimum Gasteiger partial charge on any atom is -0.342 e. The number of anilines is 1. The molecule has 1 saturated heterocycles. The van der Waals surface area contributed by atoms with Crippen molar-refractivity contribution >= 4 is 27.5 Å². The van der Waals surface area contributed by atoms with E-state index in [0.29, 0.717) is 38.0 Å². The summed E-state index contributed by atoms with van der Waals surface area (Å²) in [5, 5.41) is 2.80. The van der Waals surface area contributed by atoms with E-state index in [1.165, 1.54) is 13.1 Å². The van der Waals surface area contributed by atoms with Gasteiger partial charge in [0.15, 0.2) is 0 Å². The normalized spacial score (nSPS) is 18.2. The maximum Gasteiger partial charge on any atom is 0.243 e. The van der Waals surface area contributed by atoms with Crippen LogP contribution in [-0.2, 0) is 26.0 Å². The van der Waals surface area contributed by atoms with Gasteiger partial charge in [-0.1, -0.05) is 0 Å². The highest BCUT2D eigenvalue weighted by molar-refractivity contribution is 7.89. The number of nitrogens with one attached hydrogen (secondary N) is 1. The quantitative estimate of drug-likeness (QED) is 0.861. The number of hydrogen-bond donors (Lipinski definition) is 1. The van der Waals surface area contributed by atoms with Gasteiger partial charge in [-0.25, -0.2) is 8.42 Å². The summed E-state index contributed by atoms with van der Waals surface area (Å²) < 4.78 is 26.8. The molecule has 0 atom stereocenters. The molecule has 0 aromatic heterocycles. The van der Waals surface area contributed by atoms with Crippen LogP contribution >= 0.6 is 0 Å². The summed E-state index contributed by atoms with van der Waals surface area (Å²) in [6.45, 7) is 1.24. The Bertz CT molecular complexity index is 801. The predicted molar refractivity (Wildman–Crippen MR) is 98.3 cm³/mol. The molecule has 2 amide bonds. The number of nitrogens with zero attached hydrogens (tertiary/aromatic N) is 2. The van der Waals surface area contributed by atoms with Crippen LogP contribution in [0.4, 0.5) is 5.69 Å². The Morgan fingerprint density at radius 1 is 1.15 bits per heavy atom. The van der Waals surface area contributed by atoms with Gasteiger partial charge in [-0.05, 0) is 55.9 Å². The number of fused-ring (bicyclic) bond motifs is 1. The predicted octanol–water partition coefficient (Wildman–Crippen LogP) is 1.59. The van der Waals surface area contributed by atoms with Crippen LogP contribution in [-0.4, -0.2) is 56.1 Å². The van der Waals surface area contributed by atoms with Gasteiger partial charge in [0.25, 0.3) is 0 Å². The van der Waals surface area contributed by atoms with Gasteiger partial charge in [0.2, 0.25) is 21.8 Å². The first-order valence-corrected chi connectivity index (χ1v) is 10.5. The van der Waals surface area contributed by atoms with Crippen LogP contribution in [0, 0.1) is 0 Å². The monoisotopic (exact) mass is 379 g/mol. The van der Waals surface area contributed by atoms with Crippen molar-refractivity contribution in [3.8, 4) is 0 Å². The van der Waals surface area contributed by atoms with Crippen LogP contribution in [0.1, 0.15) is 37.7 Å². The summed E-state index contributed by atoms with van der Waals surface area (Å²) in [4.78, 5) is 25.9. The van der Waals surface area contributed by atoms with E-state index in [0.717, 1.165) is 29.1 Å². The maximum absolute atomic E-state index is 12.9. The molecule has 7 nitrogen and oxygen atoms in total. The largest absolute Gasteiger partial charge is 0.342 e. The molecule has 26 heavy (non-hydrogen) atoms. The van der Waals surface area contributed by atoms with Crippen LogP contribution in [0.3, 0.4) is 0 Å². The molecule has 0 aliphatic carbocycles. The van der Waals surface area contributed by atoms with Crippen LogP contribution in [0.2, 0.25) is 0 Å². The van der Waals surface area contributed by atoms with E-state index in [4.69, 9.17) is 0 Å². The Labute approximate surface area is 154 Å². The van der Waals surface area contributed by atoms with Crippen LogP contribution in [0.5, 0.6) is 0 Å². The van der Waals surface area contributed by atoms with E-state index in [9.17, 15) is 18.0 Å². The van der Waals surface area contributed by atoms with Crippen molar-refractivity contribution in [2.24, 2.45) is 0 Å². The average Bonchev–Trinajstić information content (AvgIpc) is 2.82. The summed E-state index contributed by atoms with van der Waals surface area (Å²) in [6.07, 6.45) is 4.82. The standard InChI is InChI=1S/C18H25N3O4S/c1-20(13-18(23)21-10-3-2-4-11-21)26(24,25)15-8-9-16-14(12-15)6-5-7-17(22)19-16/h8-9,12H,2-7,10-11,13H2,1H3,(H,19,22). The number of benzene rings is 1. The van der Waals surface area contributed by atoms with E-state index in [2.05, 4.69) is 5.32 Å².